The Labute approximate surface area is 322 Å². The minimum Gasteiger partial charge on any atom is -0.488 e. The molecule has 13 heteroatoms. The van der Waals surface area contributed by atoms with Crippen LogP contribution in [-0.2, 0) is 22.5 Å². The molecule has 1 aliphatic carbocycles. The predicted molar refractivity (Wildman–Crippen MR) is 211 cm³/mol. The van der Waals surface area contributed by atoms with Crippen molar-refractivity contribution in [1.29, 1.82) is 0 Å². The predicted octanol–water partition coefficient (Wildman–Crippen LogP) is 6.50. The molecule has 2 saturated heterocycles. The van der Waals surface area contributed by atoms with E-state index in [0.29, 0.717) is 65.4 Å². The van der Waals surface area contributed by atoms with E-state index in [2.05, 4.69) is 33.4 Å². The summed E-state index contributed by atoms with van der Waals surface area (Å²) in [5.41, 5.74) is 13.9. The van der Waals surface area contributed by atoms with Gasteiger partial charge in [-0.15, -0.1) is 5.10 Å². The Morgan fingerprint density at radius 2 is 1.77 bits per heavy atom. The molecule has 2 aliphatic heterocycles. The largest absolute Gasteiger partial charge is 0.488 e. The molecule has 56 heavy (non-hydrogen) atoms. The number of carbonyl (C=O) groups excluding carboxylic acids is 1. The van der Waals surface area contributed by atoms with Crippen LogP contribution in [0.3, 0.4) is 0 Å². The van der Waals surface area contributed by atoms with Gasteiger partial charge in [0.15, 0.2) is 29.4 Å². The summed E-state index contributed by atoms with van der Waals surface area (Å²) >= 11 is 0. The summed E-state index contributed by atoms with van der Waals surface area (Å²) in [5, 5.41) is 8.10. The van der Waals surface area contributed by atoms with Crippen LogP contribution in [0.4, 0.5) is 11.6 Å². The maximum atomic E-state index is 13.8. The molecule has 6 heterocycles. The smallest absolute Gasteiger partial charge is 0.251 e. The molecule has 0 saturated carbocycles. The van der Waals surface area contributed by atoms with Gasteiger partial charge < -0.3 is 30.2 Å². The van der Waals surface area contributed by atoms with Gasteiger partial charge in [0.05, 0.1) is 30.4 Å². The van der Waals surface area contributed by atoms with Gasteiger partial charge >= 0.3 is 0 Å². The molecule has 0 unspecified atom stereocenters. The zero-order valence-corrected chi connectivity index (χ0v) is 30.5. The SMILES string of the molecule is Nc1ncccc1-c1nc2ccc(-n3ccc(N4CCC4)n3)nc2n1-c1ccc2c(c1)CC[C@@H]2NC(=O)c1ccc(OCc2ccccc2)c(C2OCCO2)c1. The van der Waals surface area contributed by atoms with E-state index in [-0.39, 0.29) is 11.9 Å². The number of amides is 1. The molecule has 1 amide bonds. The number of fused-ring (bicyclic) bond motifs is 2. The fraction of sp³-hybridized carbons (Fsp3) is 0.233. The molecule has 7 aromatic rings. The number of anilines is 2. The highest BCUT2D eigenvalue weighted by atomic mass is 16.7. The third kappa shape index (κ3) is 6.30. The molecule has 13 nitrogen and oxygen atoms in total. The maximum absolute atomic E-state index is 13.8. The van der Waals surface area contributed by atoms with E-state index in [0.717, 1.165) is 59.6 Å². The average Bonchev–Trinajstić information content (AvgIpc) is 4.04. The lowest BCUT2D eigenvalue weighted by atomic mass is 10.1. The summed E-state index contributed by atoms with van der Waals surface area (Å²) in [4.78, 5) is 30.6. The van der Waals surface area contributed by atoms with Crippen molar-refractivity contribution in [2.75, 3.05) is 36.9 Å². The Morgan fingerprint density at radius 1 is 0.893 bits per heavy atom. The summed E-state index contributed by atoms with van der Waals surface area (Å²) in [7, 11) is 0. The first kappa shape index (κ1) is 34.0. The number of nitrogens with one attached hydrogen (secondary N) is 1. The summed E-state index contributed by atoms with van der Waals surface area (Å²) in [6.45, 7) is 3.37. The number of carbonyl (C=O) groups is 1. The Hall–Kier alpha value is -6.57. The number of nitrogens with zero attached hydrogens (tertiary/aromatic N) is 7. The van der Waals surface area contributed by atoms with Gasteiger partial charge in [0.25, 0.3) is 5.91 Å². The molecular weight excluding hydrogens is 707 g/mol. The van der Waals surface area contributed by atoms with Crippen molar-refractivity contribution in [2.24, 2.45) is 0 Å². The second-order valence-corrected chi connectivity index (χ2v) is 14.2. The minimum absolute atomic E-state index is 0.166. The fourth-order valence-corrected chi connectivity index (χ4v) is 7.68. The second-order valence-electron chi connectivity index (χ2n) is 14.2. The van der Waals surface area contributed by atoms with Gasteiger partial charge in [-0.2, -0.15) is 0 Å². The van der Waals surface area contributed by atoms with Crippen molar-refractivity contribution >= 4 is 28.7 Å². The molecule has 2 fully saturated rings. The maximum Gasteiger partial charge on any atom is 0.251 e. The summed E-state index contributed by atoms with van der Waals surface area (Å²) in [6, 6.07) is 31.2. The molecular formula is C43H39N9O4. The number of aryl methyl sites for hydroxylation is 1. The van der Waals surface area contributed by atoms with Gasteiger partial charge in [0, 0.05) is 42.8 Å². The van der Waals surface area contributed by atoms with Crippen molar-refractivity contribution in [3.05, 3.63) is 137 Å². The zero-order chi connectivity index (χ0) is 37.6. The number of pyridine rings is 2. The molecule has 3 aliphatic rings. The van der Waals surface area contributed by atoms with Gasteiger partial charge in [-0.25, -0.2) is 19.6 Å². The number of hydrogen-bond donors (Lipinski definition) is 2. The molecule has 3 N–H and O–H groups in total. The van der Waals surface area contributed by atoms with Crippen LogP contribution in [0.2, 0.25) is 0 Å². The molecule has 0 bridgehead atoms. The molecule has 3 aromatic carbocycles. The summed E-state index contributed by atoms with van der Waals surface area (Å²) in [5.74, 6) is 3.09. The Morgan fingerprint density at radius 3 is 2.59 bits per heavy atom. The molecule has 0 spiro atoms. The van der Waals surface area contributed by atoms with Crippen LogP contribution in [0.15, 0.2) is 109 Å². The van der Waals surface area contributed by atoms with E-state index in [1.165, 1.54) is 6.42 Å². The van der Waals surface area contributed by atoms with Gasteiger partial charge in [-0.3, -0.25) is 9.36 Å². The number of nitrogens with two attached hydrogens (primary N) is 1. The van der Waals surface area contributed by atoms with Crippen molar-refractivity contribution in [3.63, 3.8) is 0 Å². The van der Waals surface area contributed by atoms with Crippen LogP contribution in [-0.4, -0.2) is 61.5 Å². The first-order chi connectivity index (χ1) is 27.6. The van der Waals surface area contributed by atoms with E-state index < -0.39 is 6.29 Å². The Bertz CT molecular complexity index is 2580. The zero-order valence-electron chi connectivity index (χ0n) is 30.5. The average molecular weight is 746 g/mol. The number of rotatable bonds is 10. The van der Waals surface area contributed by atoms with Crippen LogP contribution >= 0.6 is 0 Å². The molecule has 0 radical (unpaired) electrons. The molecule has 4 aromatic heterocycles. The molecule has 10 rings (SSSR count). The van der Waals surface area contributed by atoms with E-state index in [4.69, 9.17) is 35.0 Å². The van der Waals surface area contributed by atoms with Crippen LogP contribution in [0.1, 0.15) is 57.8 Å². The summed E-state index contributed by atoms with van der Waals surface area (Å²) in [6.07, 6.45) is 5.74. The third-order valence-electron chi connectivity index (χ3n) is 10.7. The van der Waals surface area contributed by atoms with Crippen LogP contribution in [0.5, 0.6) is 5.75 Å². The fourth-order valence-electron chi connectivity index (χ4n) is 7.68. The monoisotopic (exact) mass is 745 g/mol. The van der Waals surface area contributed by atoms with Crippen LogP contribution in [0.25, 0.3) is 34.1 Å². The van der Waals surface area contributed by atoms with Gasteiger partial charge in [-0.05, 0) is 90.6 Å². The number of aromatic nitrogens is 6. The van der Waals surface area contributed by atoms with Gasteiger partial charge in [0.1, 0.15) is 23.7 Å². The molecule has 280 valence electrons. The Kier molecular flexibility index (Phi) is 8.64. The first-order valence-electron chi connectivity index (χ1n) is 18.9. The van der Waals surface area contributed by atoms with Crippen molar-refractivity contribution in [1.82, 2.24) is 34.6 Å². The standard InChI is InChI=1S/C43H39N9O4/c44-39-32(8-4-18-45-39)40-46-35-14-16-37(51-21-17-38(49-51)50-19-5-20-50)48-41(35)52(40)30-11-12-31-28(24-30)9-13-34(31)47-42(53)29-10-15-36(33(25-29)43-54-22-23-55-43)56-26-27-6-2-1-3-7-27/h1-4,6-8,10-12,14-18,21,24-25,34,43H,5,9,13,19-20,22-23,26H2,(H2,44,45)(H,47,53)/t34-/m0/s1. The highest BCUT2D eigenvalue weighted by Gasteiger charge is 2.29. The third-order valence-corrected chi connectivity index (χ3v) is 10.7. The van der Waals surface area contributed by atoms with Crippen molar-refractivity contribution in [2.45, 2.75) is 38.2 Å². The number of benzene rings is 3. The number of hydrogen-bond acceptors (Lipinski definition) is 10. The van der Waals surface area contributed by atoms with E-state index >= 15 is 0 Å². The van der Waals surface area contributed by atoms with Gasteiger partial charge in [-0.1, -0.05) is 36.4 Å². The number of imidazole rings is 1. The number of nitrogen functional groups attached to an aromatic ring is 1. The topological polar surface area (TPSA) is 147 Å². The minimum atomic E-state index is -0.599. The highest BCUT2D eigenvalue weighted by molar-refractivity contribution is 5.95. The lowest BCUT2D eigenvalue weighted by molar-refractivity contribution is -0.0459. The van der Waals surface area contributed by atoms with Gasteiger partial charge in [0.2, 0.25) is 0 Å². The first-order valence-corrected chi connectivity index (χ1v) is 18.9. The molecule has 1 atom stereocenters. The van der Waals surface area contributed by atoms with Crippen molar-refractivity contribution in [3.8, 4) is 28.6 Å². The van der Waals surface area contributed by atoms with E-state index in [1.54, 1.807) is 16.9 Å². The number of ether oxygens (including phenoxy) is 3. The normalized spacial score (nSPS) is 16.6. The lowest BCUT2D eigenvalue weighted by Gasteiger charge is -2.30. The summed E-state index contributed by atoms with van der Waals surface area (Å²) < 4.78 is 21.7. The highest BCUT2D eigenvalue weighted by Crippen LogP contribution is 2.37. The van der Waals surface area contributed by atoms with Crippen LogP contribution in [0, 0.1) is 0 Å². The lowest BCUT2D eigenvalue weighted by Crippen LogP contribution is -2.37. The quantitative estimate of drug-likeness (QED) is 0.159. The van der Waals surface area contributed by atoms with Crippen molar-refractivity contribution < 1.29 is 19.0 Å². The van der Waals surface area contributed by atoms with E-state index in [9.17, 15) is 4.79 Å². The Balaban J connectivity index is 0.946. The second kappa shape index (κ2) is 14.3. The van der Waals surface area contributed by atoms with Crippen LogP contribution < -0.4 is 20.7 Å². The van der Waals surface area contributed by atoms with E-state index in [1.807, 2.05) is 83.6 Å².